The summed E-state index contributed by atoms with van der Waals surface area (Å²) < 4.78 is 18.1. The second kappa shape index (κ2) is 10.8. The maximum absolute atomic E-state index is 13.0. The highest BCUT2D eigenvalue weighted by atomic mass is 32.1. The molecule has 1 heterocycles. The second-order valence-corrected chi connectivity index (χ2v) is 8.16. The highest BCUT2D eigenvalue weighted by molar-refractivity contribution is 7.07. The number of benzene rings is 1. The lowest BCUT2D eigenvalue weighted by Gasteiger charge is -2.13. The quantitative estimate of drug-likeness (QED) is 0.560. The summed E-state index contributed by atoms with van der Waals surface area (Å²) in [6.45, 7) is 5.58. The van der Waals surface area contributed by atoms with Crippen LogP contribution in [0.4, 0.5) is 0 Å². The number of thiazole rings is 1. The first kappa shape index (κ1) is 24.2. The molecule has 1 aromatic carbocycles. The Labute approximate surface area is 185 Å². The van der Waals surface area contributed by atoms with Crippen LogP contribution in [0.1, 0.15) is 26.3 Å². The van der Waals surface area contributed by atoms with Crippen molar-refractivity contribution in [3.63, 3.8) is 0 Å². The Morgan fingerprint density at radius 2 is 1.94 bits per heavy atom. The topological polar surface area (TPSA) is 87.1 Å². The van der Waals surface area contributed by atoms with Crippen molar-refractivity contribution in [2.24, 2.45) is 0 Å². The van der Waals surface area contributed by atoms with Gasteiger partial charge in [-0.25, -0.2) is 4.79 Å². The predicted molar refractivity (Wildman–Crippen MR) is 120 cm³/mol. The fourth-order valence-corrected chi connectivity index (χ4v) is 3.66. The molecular formula is C22H28N2O6S. The molecule has 9 heteroatoms. The van der Waals surface area contributed by atoms with Crippen molar-refractivity contribution >= 4 is 35.4 Å². The molecule has 0 spiro atoms. The second-order valence-electron chi connectivity index (χ2n) is 7.10. The lowest BCUT2D eigenvalue weighted by molar-refractivity contribution is -0.135. The van der Waals surface area contributed by atoms with E-state index in [4.69, 9.17) is 14.2 Å². The van der Waals surface area contributed by atoms with E-state index in [0.29, 0.717) is 20.7 Å². The van der Waals surface area contributed by atoms with Gasteiger partial charge in [0.25, 0.3) is 5.56 Å². The van der Waals surface area contributed by atoms with Crippen molar-refractivity contribution in [1.29, 1.82) is 0 Å². The molecule has 0 aliphatic heterocycles. The third kappa shape index (κ3) is 6.45. The van der Waals surface area contributed by atoms with E-state index in [9.17, 15) is 14.4 Å². The van der Waals surface area contributed by atoms with E-state index in [1.165, 1.54) is 15.5 Å². The number of esters is 1. The first-order valence-corrected chi connectivity index (χ1v) is 10.6. The van der Waals surface area contributed by atoms with Gasteiger partial charge in [-0.3, -0.25) is 14.2 Å². The van der Waals surface area contributed by atoms with Gasteiger partial charge in [0.05, 0.1) is 30.4 Å². The van der Waals surface area contributed by atoms with Gasteiger partial charge in [0.1, 0.15) is 11.2 Å². The molecule has 0 atom stereocenters. The molecule has 168 valence electrons. The Morgan fingerprint density at radius 3 is 2.52 bits per heavy atom. The van der Waals surface area contributed by atoms with Crippen LogP contribution in [0.15, 0.2) is 23.0 Å². The maximum atomic E-state index is 13.0. The molecule has 0 N–H and O–H groups in total. The van der Waals surface area contributed by atoms with Gasteiger partial charge in [-0.2, -0.15) is 0 Å². The Bertz CT molecular complexity index is 1110. The first-order valence-electron chi connectivity index (χ1n) is 9.81. The van der Waals surface area contributed by atoms with Gasteiger partial charge in [-0.15, -0.1) is 11.3 Å². The van der Waals surface area contributed by atoms with Gasteiger partial charge < -0.3 is 19.1 Å². The van der Waals surface area contributed by atoms with Crippen LogP contribution in [0.2, 0.25) is 0 Å². The van der Waals surface area contributed by atoms with E-state index >= 15 is 0 Å². The largest absolute Gasteiger partial charge is 0.493 e. The normalized spacial score (nSPS) is 12.2. The summed E-state index contributed by atoms with van der Waals surface area (Å²) in [4.78, 5) is 38.5. The number of hydrogen-bond acceptors (Lipinski definition) is 7. The minimum atomic E-state index is -0.571. The van der Waals surface area contributed by atoms with Crippen molar-refractivity contribution < 1.29 is 23.8 Å². The number of nitrogens with zero attached hydrogens (tertiary/aromatic N) is 2. The lowest BCUT2D eigenvalue weighted by Crippen LogP contribution is -2.38. The van der Waals surface area contributed by atoms with Crippen LogP contribution in [0.5, 0.6) is 11.5 Å². The first-order chi connectivity index (χ1) is 14.7. The summed E-state index contributed by atoms with van der Waals surface area (Å²) in [5, 5.41) is 0. The van der Waals surface area contributed by atoms with Gasteiger partial charge in [-0.1, -0.05) is 6.07 Å². The Balaban J connectivity index is 2.59. The molecule has 8 nitrogen and oxygen atoms in total. The Hall–Kier alpha value is -3.07. The zero-order valence-electron chi connectivity index (χ0n) is 18.6. The smallest absolute Gasteiger partial charge is 0.333 e. The van der Waals surface area contributed by atoms with Gasteiger partial charge in [0.15, 0.2) is 11.5 Å². The van der Waals surface area contributed by atoms with E-state index in [-0.39, 0.29) is 30.7 Å². The number of aromatic nitrogens is 1. The van der Waals surface area contributed by atoms with Crippen LogP contribution in [0.25, 0.3) is 12.2 Å². The van der Waals surface area contributed by atoms with Crippen LogP contribution in [0.3, 0.4) is 0 Å². The third-order valence-electron chi connectivity index (χ3n) is 4.10. The SMILES string of the molecule is CCOC(=O)/C=c1\s/c(=C/c2ccc(OC(C)C)c(OC)c2)c(=O)n1CC(=O)N(C)C. The van der Waals surface area contributed by atoms with Crippen molar-refractivity contribution in [3.8, 4) is 11.5 Å². The molecule has 31 heavy (non-hydrogen) atoms. The number of methoxy groups -OCH3 is 1. The zero-order chi connectivity index (χ0) is 23.1. The average molecular weight is 449 g/mol. The molecule has 0 radical (unpaired) electrons. The highest BCUT2D eigenvalue weighted by Gasteiger charge is 2.13. The zero-order valence-corrected chi connectivity index (χ0v) is 19.4. The lowest BCUT2D eigenvalue weighted by atomic mass is 10.2. The predicted octanol–water partition coefficient (Wildman–Crippen LogP) is 0.966. The molecule has 0 bridgehead atoms. The molecule has 1 aromatic heterocycles. The Morgan fingerprint density at radius 1 is 1.23 bits per heavy atom. The summed E-state index contributed by atoms with van der Waals surface area (Å²) in [7, 11) is 4.76. The molecule has 0 unspecified atom stereocenters. The number of carbonyl (C=O) groups is 2. The van der Waals surface area contributed by atoms with Crippen LogP contribution in [-0.4, -0.2) is 55.3 Å². The summed E-state index contributed by atoms with van der Waals surface area (Å²) >= 11 is 1.11. The molecular weight excluding hydrogens is 420 g/mol. The summed E-state index contributed by atoms with van der Waals surface area (Å²) in [5.74, 6) is 0.312. The van der Waals surface area contributed by atoms with E-state index in [1.807, 2.05) is 19.9 Å². The van der Waals surface area contributed by atoms with Crippen molar-refractivity contribution in [3.05, 3.63) is 43.3 Å². The molecule has 0 saturated carbocycles. The van der Waals surface area contributed by atoms with Crippen molar-refractivity contribution in [2.75, 3.05) is 27.8 Å². The molecule has 0 fully saturated rings. The molecule has 2 aromatic rings. The number of hydrogen-bond donors (Lipinski definition) is 0. The van der Waals surface area contributed by atoms with E-state index in [1.54, 1.807) is 46.3 Å². The van der Waals surface area contributed by atoms with Gasteiger partial charge in [0, 0.05) is 14.1 Å². The van der Waals surface area contributed by atoms with Crippen LogP contribution in [0, 0.1) is 0 Å². The van der Waals surface area contributed by atoms with E-state index < -0.39 is 5.97 Å². The summed E-state index contributed by atoms with van der Waals surface area (Å²) in [5.41, 5.74) is 0.359. The number of likely N-dealkylation sites (N-methyl/N-ethyl adjacent to an activating group) is 1. The van der Waals surface area contributed by atoms with Crippen LogP contribution >= 0.6 is 11.3 Å². The fourth-order valence-electron chi connectivity index (χ4n) is 2.63. The molecule has 0 aliphatic rings. The van der Waals surface area contributed by atoms with Gasteiger partial charge >= 0.3 is 5.97 Å². The molecule has 0 saturated heterocycles. The van der Waals surface area contributed by atoms with Crippen molar-refractivity contribution in [2.45, 2.75) is 33.4 Å². The number of rotatable bonds is 8. The van der Waals surface area contributed by atoms with Crippen LogP contribution < -0.4 is 24.2 Å². The molecule has 1 amide bonds. The number of amides is 1. The van der Waals surface area contributed by atoms with Gasteiger partial charge in [0.2, 0.25) is 5.91 Å². The Kier molecular flexibility index (Phi) is 8.44. The third-order valence-corrected chi connectivity index (χ3v) is 5.16. The standard InChI is InChI=1S/C22H28N2O6S/c1-7-29-21(26)12-20-24(13-19(25)23(4)5)22(27)18(31-20)11-15-8-9-16(30-14(2)3)17(10-15)28-6/h8-12,14H,7,13H2,1-6H3/b18-11+,20-12-. The minimum absolute atomic E-state index is 0.0107. The highest BCUT2D eigenvalue weighted by Crippen LogP contribution is 2.29. The van der Waals surface area contributed by atoms with Crippen LogP contribution in [-0.2, 0) is 20.9 Å². The van der Waals surface area contributed by atoms with E-state index in [2.05, 4.69) is 0 Å². The maximum Gasteiger partial charge on any atom is 0.333 e. The average Bonchev–Trinajstić information content (AvgIpc) is 2.97. The minimum Gasteiger partial charge on any atom is -0.493 e. The summed E-state index contributed by atoms with van der Waals surface area (Å²) in [6.07, 6.45) is 2.91. The number of carbonyl (C=O) groups excluding carboxylic acids is 2. The number of ether oxygens (including phenoxy) is 3. The van der Waals surface area contributed by atoms with Crippen molar-refractivity contribution in [1.82, 2.24) is 9.47 Å². The summed E-state index contributed by atoms with van der Waals surface area (Å²) in [6, 6.07) is 5.35. The van der Waals surface area contributed by atoms with Gasteiger partial charge in [-0.05, 0) is 44.5 Å². The molecule has 0 aliphatic carbocycles. The fraction of sp³-hybridized carbons (Fsp3) is 0.409. The molecule has 2 rings (SSSR count). The monoisotopic (exact) mass is 448 g/mol. The van der Waals surface area contributed by atoms with E-state index in [0.717, 1.165) is 16.9 Å².